The minimum absolute atomic E-state index is 0.00961. The van der Waals surface area contributed by atoms with Crippen molar-refractivity contribution in [3.63, 3.8) is 0 Å². The van der Waals surface area contributed by atoms with Crippen molar-refractivity contribution in [1.29, 1.82) is 0 Å². The first-order chi connectivity index (χ1) is 7.24. The van der Waals surface area contributed by atoms with E-state index >= 15 is 0 Å². The van der Waals surface area contributed by atoms with E-state index in [2.05, 4.69) is 10.3 Å². The Hall–Kier alpha value is -0.940. The summed E-state index contributed by atoms with van der Waals surface area (Å²) in [7, 11) is 0. The molecule has 1 heterocycles. The summed E-state index contributed by atoms with van der Waals surface area (Å²) in [6.45, 7) is 2.59. The Bertz CT molecular complexity index is 287. The number of hydrogen-bond acceptors (Lipinski definition) is 4. The van der Waals surface area contributed by atoms with Gasteiger partial charge in [0.05, 0.1) is 6.04 Å². The molecule has 5 heteroatoms. The second-order valence-electron chi connectivity index (χ2n) is 3.41. The van der Waals surface area contributed by atoms with Crippen molar-refractivity contribution in [3.05, 3.63) is 16.6 Å². The zero-order valence-electron chi connectivity index (χ0n) is 8.90. The molecular weight excluding hydrogens is 210 g/mol. The molecule has 15 heavy (non-hydrogen) atoms. The van der Waals surface area contributed by atoms with Crippen LogP contribution in [0.25, 0.3) is 0 Å². The molecule has 0 fully saturated rings. The van der Waals surface area contributed by atoms with Crippen LogP contribution < -0.4 is 11.1 Å². The number of nitrogens with two attached hydrogens (primary N) is 1. The van der Waals surface area contributed by atoms with Crippen molar-refractivity contribution in [1.82, 2.24) is 10.3 Å². The van der Waals surface area contributed by atoms with Gasteiger partial charge in [0.1, 0.15) is 5.01 Å². The second kappa shape index (κ2) is 6.53. The third-order valence-corrected chi connectivity index (χ3v) is 3.02. The Morgan fingerprint density at radius 3 is 3.07 bits per heavy atom. The van der Waals surface area contributed by atoms with Crippen molar-refractivity contribution in [2.75, 3.05) is 6.54 Å². The maximum absolute atomic E-state index is 11.4. The SMILES string of the molecule is CC(NC(=O)CCCCN)c1nccs1. The molecule has 0 saturated heterocycles. The van der Waals surface area contributed by atoms with Crippen LogP contribution >= 0.6 is 11.3 Å². The number of amides is 1. The predicted octanol–water partition coefficient (Wildman–Crippen LogP) is 1.45. The third kappa shape index (κ3) is 4.40. The van der Waals surface area contributed by atoms with E-state index in [1.54, 1.807) is 17.5 Å². The van der Waals surface area contributed by atoms with Gasteiger partial charge in [-0.15, -0.1) is 11.3 Å². The van der Waals surface area contributed by atoms with Gasteiger partial charge in [-0.2, -0.15) is 0 Å². The normalized spacial score (nSPS) is 12.4. The summed E-state index contributed by atoms with van der Waals surface area (Å²) in [4.78, 5) is 15.6. The second-order valence-corrected chi connectivity index (χ2v) is 4.33. The van der Waals surface area contributed by atoms with Gasteiger partial charge in [-0.1, -0.05) is 0 Å². The zero-order chi connectivity index (χ0) is 11.1. The first-order valence-electron chi connectivity index (χ1n) is 5.13. The van der Waals surface area contributed by atoms with E-state index in [4.69, 9.17) is 5.73 Å². The molecule has 4 nitrogen and oxygen atoms in total. The topological polar surface area (TPSA) is 68.0 Å². The first-order valence-corrected chi connectivity index (χ1v) is 6.01. The molecule has 1 amide bonds. The Morgan fingerprint density at radius 1 is 1.67 bits per heavy atom. The Labute approximate surface area is 93.9 Å². The van der Waals surface area contributed by atoms with E-state index < -0.39 is 0 Å². The van der Waals surface area contributed by atoms with E-state index in [1.807, 2.05) is 12.3 Å². The van der Waals surface area contributed by atoms with Crippen molar-refractivity contribution >= 4 is 17.2 Å². The van der Waals surface area contributed by atoms with Gasteiger partial charge in [0.25, 0.3) is 0 Å². The highest BCUT2D eigenvalue weighted by Crippen LogP contribution is 2.14. The van der Waals surface area contributed by atoms with Crippen LogP contribution in [0.4, 0.5) is 0 Å². The van der Waals surface area contributed by atoms with E-state index in [9.17, 15) is 4.79 Å². The van der Waals surface area contributed by atoms with Gasteiger partial charge in [-0.05, 0) is 26.3 Å². The Kier molecular flexibility index (Phi) is 5.28. The van der Waals surface area contributed by atoms with E-state index in [-0.39, 0.29) is 11.9 Å². The molecule has 1 aromatic rings. The minimum atomic E-state index is 0.00961. The van der Waals surface area contributed by atoms with Gasteiger partial charge in [-0.25, -0.2) is 4.98 Å². The van der Waals surface area contributed by atoms with Crippen molar-refractivity contribution in [2.24, 2.45) is 5.73 Å². The van der Waals surface area contributed by atoms with Crippen molar-refractivity contribution in [2.45, 2.75) is 32.2 Å². The molecule has 0 bridgehead atoms. The number of carbonyl (C=O) groups is 1. The number of rotatable bonds is 6. The van der Waals surface area contributed by atoms with Gasteiger partial charge >= 0.3 is 0 Å². The molecule has 0 aliphatic heterocycles. The fourth-order valence-corrected chi connectivity index (χ4v) is 1.90. The summed E-state index contributed by atoms with van der Waals surface area (Å²) in [5.74, 6) is 0.0751. The lowest BCUT2D eigenvalue weighted by molar-refractivity contribution is -0.121. The van der Waals surface area contributed by atoms with Gasteiger partial charge in [0.15, 0.2) is 0 Å². The summed E-state index contributed by atoms with van der Waals surface area (Å²) >= 11 is 1.56. The molecule has 3 N–H and O–H groups in total. The van der Waals surface area contributed by atoms with E-state index in [0.717, 1.165) is 17.8 Å². The fraction of sp³-hybridized carbons (Fsp3) is 0.600. The standard InChI is InChI=1S/C10H17N3OS/c1-8(10-12-6-7-15-10)13-9(14)4-2-3-5-11/h6-8H,2-5,11H2,1H3,(H,13,14). The fourth-order valence-electron chi connectivity index (χ4n) is 1.25. The largest absolute Gasteiger partial charge is 0.347 e. The lowest BCUT2D eigenvalue weighted by Crippen LogP contribution is -2.26. The molecule has 1 unspecified atom stereocenters. The Morgan fingerprint density at radius 2 is 2.47 bits per heavy atom. The molecule has 0 radical (unpaired) electrons. The number of thiazole rings is 1. The predicted molar refractivity (Wildman–Crippen MR) is 61.6 cm³/mol. The van der Waals surface area contributed by atoms with Crippen molar-refractivity contribution < 1.29 is 4.79 Å². The van der Waals surface area contributed by atoms with Crippen molar-refractivity contribution in [3.8, 4) is 0 Å². The van der Waals surface area contributed by atoms with E-state index in [1.165, 1.54) is 0 Å². The number of unbranched alkanes of at least 4 members (excludes halogenated alkanes) is 1. The smallest absolute Gasteiger partial charge is 0.220 e. The van der Waals surface area contributed by atoms with Crippen LogP contribution in [0.3, 0.4) is 0 Å². The highest BCUT2D eigenvalue weighted by atomic mass is 32.1. The maximum Gasteiger partial charge on any atom is 0.220 e. The van der Waals surface area contributed by atoms with Crippen LogP contribution in [-0.4, -0.2) is 17.4 Å². The van der Waals surface area contributed by atoms with Crippen LogP contribution in [0.15, 0.2) is 11.6 Å². The molecule has 0 aromatic carbocycles. The summed E-state index contributed by atoms with van der Waals surface area (Å²) in [5.41, 5.74) is 5.35. The van der Waals surface area contributed by atoms with Gasteiger partial charge in [0.2, 0.25) is 5.91 Å². The van der Waals surface area contributed by atoms with Gasteiger partial charge in [-0.3, -0.25) is 4.79 Å². The summed E-state index contributed by atoms with van der Waals surface area (Å²) in [5, 5.41) is 5.76. The number of aromatic nitrogens is 1. The molecule has 1 atom stereocenters. The lowest BCUT2D eigenvalue weighted by Gasteiger charge is -2.10. The monoisotopic (exact) mass is 227 g/mol. The average molecular weight is 227 g/mol. The maximum atomic E-state index is 11.4. The van der Waals surface area contributed by atoms with Crippen LogP contribution in [0.1, 0.15) is 37.2 Å². The molecule has 1 rings (SSSR count). The molecule has 0 aliphatic rings. The quantitative estimate of drug-likeness (QED) is 0.723. The molecule has 84 valence electrons. The third-order valence-electron chi connectivity index (χ3n) is 2.06. The van der Waals surface area contributed by atoms with Crippen LogP contribution in [0.5, 0.6) is 0 Å². The summed E-state index contributed by atoms with van der Waals surface area (Å²) in [6, 6.07) is 0.00961. The number of carbonyl (C=O) groups excluding carboxylic acids is 1. The van der Waals surface area contributed by atoms with Crippen LogP contribution in [-0.2, 0) is 4.79 Å². The molecule has 1 aromatic heterocycles. The Balaban J connectivity index is 2.26. The highest BCUT2D eigenvalue weighted by Gasteiger charge is 2.10. The summed E-state index contributed by atoms with van der Waals surface area (Å²) in [6.07, 6.45) is 4.05. The van der Waals surface area contributed by atoms with E-state index in [0.29, 0.717) is 13.0 Å². The number of nitrogens with zero attached hydrogens (tertiary/aromatic N) is 1. The van der Waals surface area contributed by atoms with Crippen LogP contribution in [0, 0.1) is 0 Å². The van der Waals surface area contributed by atoms with Gasteiger partial charge in [0, 0.05) is 18.0 Å². The average Bonchev–Trinajstić information content (AvgIpc) is 2.70. The number of nitrogens with one attached hydrogen (secondary N) is 1. The zero-order valence-corrected chi connectivity index (χ0v) is 9.72. The van der Waals surface area contributed by atoms with Gasteiger partial charge < -0.3 is 11.1 Å². The molecule has 0 saturated carbocycles. The summed E-state index contributed by atoms with van der Waals surface area (Å²) < 4.78 is 0. The first kappa shape index (κ1) is 12.1. The molecule has 0 aliphatic carbocycles. The minimum Gasteiger partial charge on any atom is -0.347 e. The molecule has 0 spiro atoms. The lowest BCUT2D eigenvalue weighted by atomic mass is 10.2. The highest BCUT2D eigenvalue weighted by molar-refractivity contribution is 7.09. The van der Waals surface area contributed by atoms with Crippen LogP contribution in [0.2, 0.25) is 0 Å². The number of hydrogen-bond donors (Lipinski definition) is 2. The molecular formula is C10H17N3OS.